The van der Waals surface area contributed by atoms with Crippen LogP contribution in [0.4, 0.5) is 0 Å². The molecule has 1 fully saturated rings. The number of hydrogen-bond donors (Lipinski definition) is 1. The number of sulfonamides is 1. The van der Waals surface area contributed by atoms with Gasteiger partial charge in [0.05, 0.1) is 0 Å². The van der Waals surface area contributed by atoms with Crippen LogP contribution in [-0.4, -0.2) is 23.6 Å². The maximum absolute atomic E-state index is 12.4. The Labute approximate surface area is 123 Å². The number of aromatic nitrogens is 2. The van der Waals surface area contributed by atoms with Crippen molar-refractivity contribution < 1.29 is 8.42 Å². The summed E-state index contributed by atoms with van der Waals surface area (Å²) < 4.78 is 29.4. The minimum atomic E-state index is -3.93. The van der Waals surface area contributed by atoms with Gasteiger partial charge < -0.3 is 4.57 Å². The fourth-order valence-electron chi connectivity index (χ4n) is 2.71. The first-order valence-corrected chi connectivity index (χ1v) is 8.51. The average Bonchev–Trinajstić information content (AvgIpc) is 2.42. The summed E-state index contributed by atoms with van der Waals surface area (Å²) in [4.78, 5) is 23.3. The Bertz CT molecular complexity index is 748. The van der Waals surface area contributed by atoms with Crippen molar-refractivity contribution in [3.05, 3.63) is 27.0 Å². The van der Waals surface area contributed by atoms with Crippen molar-refractivity contribution in [3.8, 4) is 0 Å². The lowest BCUT2D eigenvalue weighted by atomic mass is 9.87. The van der Waals surface area contributed by atoms with Crippen LogP contribution in [0, 0.1) is 5.92 Å². The summed E-state index contributed by atoms with van der Waals surface area (Å²) in [6.07, 6.45) is 4.90. The van der Waals surface area contributed by atoms with E-state index >= 15 is 0 Å². The molecule has 2 atom stereocenters. The topological polar surface area (TPSA) is 90.2 Å². The third-order valence-electron chi connectivity index (χ3n) is 4.12. The normalized spacial score (nSPS) is 23.2. The molecule has 8 heteroatoms. The van der Waals surface area contributed by atoms with Gasteiger partial charge in [-0.25, -0.2) is 17.9 Å². The molecule has 1 aromatic rings. The van der Waals surface area contributed by atoms with Crippen LogP contribution in [0.3, 0.4) is 0 Å². The first-order chi connectivity index (χ1) is 9.74. The summed E-state index contributed by atoms with van der Waals surface area (Å²) in [6.45, 7) is 2.01. The van der Waals surface area contributed by atoms with Crippen LogP contribution in [0.15, 0.2) is 20.7 Å². The van der Waals surface area contributed by atoms with E-state index in [1.807, 2.05) is 6.92 Å². The van der Waals surface area contributed by atoms with Gasteiger partial charge in [0.2, 0.25) is 10.0 Å². The molecule has 2 unspecified atom stereocenters. The number of aryl methyl sites for hydroxylation is 1. The number of nitrogens with one attached hydrogen (secondary N) is 1. The Morgan fingerprint density at radius 3 is 2.43 bits per heavy atom. The molecule has 1 heterocycles. The smallest absolute Gasteiger partial charge is 0.302 e. The second-order valence-corrected chi connectivity index (χ2v) is 7.42. The van der Waals surface area contributed by atoms with Gasteiger partial charge in [0.25, 0.3) is 5.56 Å². The summed E-state index contributed by atoms with van der Waals surface area (Å²) in [5.41, 5.74) is -1.35. The Hall–Kier alpha value is -1.41. The van der Waals surface area contributed by atoms with Crippen LogP contribution in [0.1, 0.15) is 32.6 Å². The summed E-state index contributed by atoms with van der Waals surface area (Å²) in [7, 11) is -1.24. The van der Waals surface area contributed by atoms with E-state index in [-0.39, 0.29) is 16.9 Å². The lowest BCUT2D eigenvalue weighted by Gasteiger charge is -2.29. The van der Waals surface area contributed by atoms with Crippen molar-refractivity contribution in [1.82, 2.24) is 13.9 Å². The highest BCUT2D eigenvalue weighted by molar-refractivity contribution is 7.89. The molecule has 118 valence electrons. The van der Waals surface area contributed by atoms with Gasteiger partial charge in [-0.2, -0.15) is 0 Å². The van der Waals surface area contributed by atoms with Gasteiger partial charge in [0.1, 0.15) is 0 Å². The molecule has 0 aromatic carbocycles. The molecule has 0 radical (unpaired) electrons. The Morgan fingerprint density at radius 1 is 1.19 bits per heavy atom. The summed E-state index contributed by atoms with van der Waals surface area (Å²) in [5.74, 6) is 0.241. The first-order valence-electron chi connectivity index (χ1n) is 7.03. The molecule has 1 aromatic heterocycles. The molecular formula is C13H21N3O4S. The van der Waals surface area contributed by atoms with E-state index in [2.05, 4.69) is 4.72 Å². The lowest BCUT2D eigenvalue weighted by molar-refractivity contribution is 0.310. The largest absolute Gasteiger partial charge is 0.330 e. The standard InChI is InChI=1S/C13H21N3O4S/c1-9-6-4-5-7-10(9)14-21(19,20)11-8-15(2)13(18)16(3)12(11)17/h8-10,14H,4-7H2,1-3H3. The molecule has 1 saturated carbocycles. The lowest BCUT2D eigenvalue weighted by Crippen LogP contribution is -2.45. The molecule has 0 saturated heterocycles. The highest BCUT2D eigenvalue weighted by Gasteiger charge is 2.29. The molecule has 1 aliphatic carbocycles. The van der Waals surface area contributed by atoms with Crippen LogP contribution < -0.4 is 16.0 Å². The minimum Gasteiger partial charge on any atom is -0.302 e. The maximum Gasteiger partial charge on any atom is 0.330 e. The predicted molar refractivity (Wildman–Crippen MR) is 78.7 cm³/mol. The van der Waals surface area contributed by atoms with Crippen LogP contribution in [0.5, 0.6) is 0 Å². The molecule has 7 nitrogen and oxygen atoms in total. The highest BCUT2D eigenvalue weighted by Crippen LogP contribution is 2.24. The van der Waals surface area contributed by atoms with Gasteiger partial charge in [-0.1, -0.05) is 19.8 Å². The van der Waals surface area contributed by atoms with Crippen LogP contribution in [0.2, 0.25) is 0 Å². The zero-order valence-corrected chi connectivity index (χ0v) is 13.3. The van der Waals surface area contributed by atoms with E-state index in [1.165, 1.54) is 14.1 Å². The van der Waals surface area contributed by atoms with Gasteiger partial charge in [0, 0.05) is 26.3 Å². The van der Waals surface area contributed by atoms with Crippen molar-refractivity contribution in [2.75, 3.05) is 0 Å². The van der Waals surface area contributed by atoms with E-state index < -0.39 is 21.3 Å². The summed E-state index contributed by atoms with van der Waals surface area (Å²) >= 11 is 0. The molecule has 0 aliphatic heterocycles. The molecule has 1 aliphatic rings. The van der Waals surface area contributed by atoms with Crippen molar-refractivity contribution in [3.63, 3.8) is 0 Å². The maximum atomic E-state index is 12.4. The van der Waals surface area contributed by atoms with Crippen molar-refractivity contribution in [2.45, 2.75) is 43.5 Å². The average molecular weight is 315 g/mol. The Balaban J connectivity index is 2.41. The highest BCUT2D eigenvalue weighted by atomic mass is 32.2. The van der Waals surface area contributed by atoms with Gasteiger partial charge >= 0.3 is 5.69 Å². The van der Waals surface area contributed by atoms with E-state index in [9.17, 15) is 18.0 Å². The molecular weight excluding hydrogens is 294 g/mol. The van der Waals surface area contributed by atoms with E-state index in [0.29, 0.717) is 0 Å². The van der Waals surface area contributed by atoms with Crippen LogP contribution >= 0.6 is 0 Å². The molecule has 1 N–H and O–H groups in total. The zero-order chi connectivity index (χ0) is 15.8. The quantitative estimate of drug-likeness (QED) is 0.846. The van der Waals surface area contributed by atoms with Crippen LogP contribution in [0.25, 0.3) is 0 Å². The third-order valence-corrected chi connectivity index (χ3v) is 5.59. The fourth-order valence-corrected chi connectivity index (χ4v) is 4.25. The molecule has 21 heavy (non-hydrogen) atoms. The van der Waals surface area contributed by atoms with E-state index in [1.54, 1.807) is 0 Å². The Kier molecular flexibility index (Phi) is 4.38. The van der Waals surface area contributed by atoms with Gasteiger partial charge in [-0.3, -0.25) is 9.36 Å². The second kappa shape index (κ2) is 5.76. The van der Waals surface area contributed by atoms with Crippen molar-refractivity contribution >= 4 is 10.0 Å². The monoisotopic (exact) mass is 315 g/mol. The molecule has 0 bridgehead atoms. The summed E-state index contributed by atoms with van der Waals surface area (Å²) in [5, 5.41) is 0. The van der Waals surface area contributed by atoms with Crippen molar-refractivity contribution in [2.24, 2.45) is 20.0 Å². The summed E-state index contributed by atoms with van der Waals surface area (Å²) in [6, 6.07) is -0.161. The number of rotatable bonds is 3. The fraction of sp³-hybridized carbons (Fsp3) is 0.692. The van der Waals surface area contributed by atoms with E-state index in [0.717, 1.165) is 41.0 Å². The zero-order valence-electron chi connectivity index (χ0n) is 12.5. The number of nitrogens with zero attached hydrogens (tertiary/aromatic N) is 2. The van der Waals surface area contributed by atoms with Crippen molar-refractivity contribution in [1.29, 1.82) is 0 Å². The predicted octanol–water partition coefficient (Wildman–Crippen LogP) is -0.0590. The number of hydrogen-bond acceptors (Lipinski definition) is 4. The first kappa shape index (κ1) is 16.0. The molecule has 0 spiro atoms. The van der Waals surface area contributed by atoms with Gasteiger partial charge in [0.15, 0.2) is 4.90 Å². The van der Waals surface area contributed by atoms with Gasteiger partial charge in [-0.05, 0) is 18.8 Å². The minimum absolute atomic E-state index is 0.161. The second-order valence-electron chi connectivity index (χ2n) is 5.74. The third kappa shape index (κ3) is 3.11. The molecule has 2 rings (SSSR count). The van der Waals surface area contributed by atoms with Gasteiger partial charge in [-0.15, -0.1) is 0 Å². The van der Waals surface area contributed by atoms with E-state index in [4.69, 9.17) is 0 Å². The van der Waals surface area contributed by atoms with Crippen LogP contribution in [-0.2, 0) is 24.1 Å². The Morgan fingerprint density at radius 2 is 1.81 bits per heavy atom. The SMILES string of the molecule is CC1CCCCC1NS(=O)(=O)c1cn(C)c(=O)n(C)c1=O. The molecule has 0 amide bonds.